The summed E-state index contributed by atoms with van der Waals surface area (Å²) in [7, 11) is 0. The molecule has 0 atom stereocenters. The van der Waals surface area contributed by atoms with Crippen molar-refractivity contribution in [3.8, 4) is 0 Å². The normalized spacial score (nSPS) is 10.4. The molecule has 0 saturated carbocycles. The van der Waals surface area contributed by atoms with Crippen molar-refractivity contribution in [3.05, 3.63) is 12.3 Å². The summed E-state index contributed by atoms with van der Waals surface area (Å²) in [6.45, 7) is 4.78. The van der Waals surface area contributed by atoms with E-state index >= 15 is 0 Å². The summed E-state index contributed by atoms with van der Waals surface area (Å²) >= 11 is 0. The number of rotatable bonds is 5. The molecular formula is C8H15NO2. The molecule has 64 valence electrons. The predicted molar refractivity (Wildman–Crippen MR) is 44.3 cm³/mol. The Morgan fingerprint density at radius 2 is 2.18 bits per heavy atom. The molecule has 0 aromatic heterocycles. The van der Waals surface area contributed by atoms with Crippen LogP contribution in [-0.2, 0) is 4.79 Å². The van der Waals surface area contributed by atoms with Crippen LogP contribution < -0.4 is 0 Å². The van der Waals surface area contributed by atoms with Gasteiger partial charge in [0.2, 0.25) is 0 Å². The maximum atomic E-state index is 10.3. The summed E-state index contributed by atoms with van der Waals surface area (Å²) in [6.07, 6.45) is 4.72. The van der Waals surface area contributed by atoms with Gasteiger partial charge in [0, 0.05) is 6.54 Å². The molecule has 0 amide bonds. The Morgan fingerprint density at radius 1 is 1.55 bits per heavy atom. The minimum atomic E-state index is -0.785. The molecule has 0 aliphatic rings. The zero-order valence-electron chi connectivity index (χ0n) is 7.08. The summed E-state index contributed by atoms with van der Waals surface area (Å²) in [5, 5.41) is 8.44. The average molecular weight is 157 g/mol. The molecule has 1 N–H and O–H groups in total. The number of likely N-dealkylation sites (N-methyl/N-ethyl adjacent to an activating group) is 1. The van der Waals surface area contributed by atoms with E-state index in [9.17, 15) is 4.79 Å². The molecule has 11 heavy (non-hydrogen) atoms. The number of allylic oxidation sites excluding steroid dienone is 1. The second-order valence-electron chi connectivity index (χ2n) is 2.25. The average Bonchev–Trinajstić information content (AvgIpc) is 1.97. The summed E-state index contributed by atoms with van der Waals surface area (Å²) in [5.74, 6) is -0.785. The number of carbonyl (C=O) groups is 1. The van der Waals surface area contributed by atoms with Gasteiger partial charge < -0.3 is 10.0 Å². The Hall–Kier alpha value is -0.990. The van der Waals surface area contributed by atoms with Crippen molar-refractivity contribution in [3.63, 3.8) is 0 Å². The maximum absolute atomic E-state index is 10.3. The number of hydrogen-bond donors (Lipinski definition) is 1. The quantitative estimate of drug-likeness (QED) is 0.654. The van der Waals surface area contributed by atoms with E-state index < -0.39 is 5.97 Å². The Morgan fingerprint density at radius 3 is 2.55 bits per heavy atom. The van der Waals surface area contributed by atoms with Crippen LogP contribution in [0.1, 0.15) is 20.3 Å². The van der Waals surface area contributed by atoms with Gasteiger partial charge in [0.1, 0.15) is 6.54 Å². The largest absolute Gasteiger partial charge is 0.480 e. The molecule has 0 aromatic rings. The lowest BCUT2D eigenvalue weighted by Gasteiger charge is -2.14. The predicted octanol–water partition coefficient (Wildman–Crippen LogP) is 1.32. The van der Waals surface area contributed by atoms with Crippen molar-refractivity contribution < 1.29 is 9.90 Å². The first kappa shape index (κ1) is 10.0. The van der Waals surface area contributed by atoms with Crippen molar-refractivity contribution in [2.75, 3.05) is 13.1 Å². The monoisotopic (exact) mass is 157 g/mol. The van der Waals surface area contributed by atoms with Gasteiger partial charge >= 0.3 is 5.97 Å². The third kappa shape index (κ3) is 5.45. The summed E-state index contributed by atoms with van der Waals surface area (Å²) in [4.78, 5) is 12.0. The first-order chi connectivity index (χ1) is 5.20. The fourth-order valence-electron chi connectivity index (χ4n) is 0.698. The Balaban J connectivity index is 3.75. The molecule has 0 radical (unpaired) electrons. The summed E-state index contributed by atoms with van der Waals surface area (Å²) < 4.78 is 0. The topological polar surface area (TPSA) is 40.5 Å². The van der Waals surface area contributed by atoms with Crippen molar-refractivity contribution in [2.45, 2.75) is 20.3 Å². The molecule has 0 fully saturated rings. The van der Waals surface area contributed by atoms with Gasteiger partial charge in [-0.3, -0.25) is 4.79 Å². The number of aliphatic carboxylic acids is 1. The number of carboxylic acids is 1. The minimum Gasteiger partial charge on any atom is -0.480 e. The third-order valence-corrected chi connectivity index (χ3v) is 1.30. The van der Waals surface area contributed by atoms with Crippen LogP contribution in [-0.4, -0.2) is 29.1 Å². The van der Waals surface area contributed by atoms with Gasteiger partial charge in [-0.2, -0.15) is 0 Å². The minimum absolute atomic E-state index is 0.0903. The molecule has 0 bridgehead atoms. The lowest BCUT2D eigenvalue weighted by molar-refractivity contribution is -0.137. The van der Waals surface area contributed by atoms with Crippen LogP contribution in [0.15, 0.2) is 12.3 Å². The van der Waals surface area contributed by atoms with Crippen LogP contribution in [0.25, 0.3) is 0 Å². The molecule has 0 heterocycles. The number of nitrogens with zero attached hydrogens (tertiary/aromatic N) is 1. The Bertz CT molecular complexity index is 143. The van der Waals surface area contributed by atoms with Gasteiger partial charge in [0.05, 0.1) is 0 Å². The highest BCUT2D eigenvalue weighted by atomic mass is 16.4. The zero-order chi connectivity index (χ0) is 8.69. The van der Waals surface area contributed by atoms with Gasteiger partial charge in [-0.1, -0.05) is 13.0 Å². The molecule has 0 aliphatic heterocycles. The molecule has 0 spiro atoms. The molecule has 0 saturated heterocycles. The SMILES string of the molecule is CCC=CN(CC)CC(=O)O. The van der Waals surface area contributed by atoms with Gasteiger partial charge in [0.15, 0.2) is 0 Å². The molecule has 0 rings (SSSR count). The van der Waals surface area contributed by atoms with Crippen LogP contribution in [0.3, 0.4) is 0 Å². The molecule has 3 heteroatoms. The van der Waals surface area contributed by atoms with Crippen LogP contribution in [0.4, 0.5) is 0 Å². The van der Waals surface area contributed by atoms with E-state index in [1.807, 2.05) is 26.1 Å². The highest BCUT2D eigenvalue weighted by Gasteiger charge is 2.00. The fraction of sp³-hybridized carbons (Fsp3) is 0.625. The number of hydrogen-bond acceptors (Lipinski definition) is 2. The standard InChI is InChI=1S/C8H15NO2/c1-3-5-6-9(4-2)7-8(10)11/h5-6H,3-4,7H2,1-2H3,(H,10,11). The van der Waals surface area contributed by atoms with Crippen LogP contribution >= 0.6 is 0 Å². The van der Waals surface area contributed by atoms with Crippen molar-refractivity contribution in [1.82, 2.24) is 4.90 Å². The second-order valence-corrected chi connectivity index (χ2v) is 2.25. The molecule has 3 nitrogen and oxygen atoms in total. The van der Waals surface area contributed by atoms with Gasteiger partial charge in [-0.05, 0) is 19.5 Å². The van der Waals surface area contributed by atoms with E-state index in [4.69, 9.17) is 5.11 Å². The van der Waals surface area contributed by atoms with E-state index in [0.717, 1.165) is 13.0 Å². The van der Waals surface area contributed by atoms with E-state index in [1.165, 1.54) is 0 Å². The van der Waals surface area contributed by atoms with E-state index in [0.29, 0.717) is 0 Å². The molecule has 0 aromatic carbocycles. The van der Waals surface area contributed by atoms with Gasteiger partial charge in [-0.15, -0.1) is 0 Å². The highest BCUT2D eigenvalue weighted by Crippen LogP contribution is 1.90. The van der Waals surface area contributed by atoms with E-state index in [-0.39, 0.29) is 6.54 Å². The van der Waals surface area contributed by atoms with Crippen LogP contribution in [0.5, 0.6) is 0 Å². The lowest BCUT2D eigenvalue weighted by Crippen LogP contribution is -2.24. The van der Waals surface area contributed by atoms with Crippen molar-refractivity contribution in [1.29, 1.82) is 0 Å². The Labute approximate surface area is 67.3 Å². The first-order valence-electron chi connectivity index (χ1n) is 3.83. The molecular weight excluding hydrogens is 142 g/mol. The van der Waals surface area contributed by atoms with Crippen molar-refractivity contribution in [2.24, 2.45) is 0 Å². The molecule has 0 aliphatic carbocycles. The maximum Gasteiger partial charge on any atom is 0.323 e. The summed E-state index contributed by atoms with van der Waals surface area (Å²) in [5.41, 5.74) is 0. The fourth-order valence-corrected chi connectivity index (χ4v) is 0.698. The lowest BCUT2D eigenvalue weighted by atomic mass is 10.4. The highest BCUT2D eigenvalue weighted by molar-refractivity contribution is 5.69. The van der Waals surface area contributed by atoms with Gasteiger partial charge in [0.25, 0.3) is 0 Å². The van der Waals surface area contributed by atoms with Crippen molar-refractivity contribution >= 4 is 5.97 Å². The van der Waals surface area contributed by atoms with E-state index in [1.54, 1.807) is 4.90 Å². The van der Waals surface area contributed by atoms with Crippen LogP contribution in [0, 0.1) is 0 Å². The summed E-state index contributed by atoms with van der Waals surface area (Å²) in [6, 6.07) is 0. The smallest absolute Gasteiger partial charge is 0.323 e. The zero-order valence-corrected chi connectivity index (χ0v) is 7.08. The second kappa shape index (κ2) is 5.77. The third-order valence-electron chi connectivity index (χ3n) is 1.30. The van der Waals surface area contributed by atoms with E-state index in [2.05, 4.69) is 0 Å². The first-order valence-corrected chi connectivity index (χ1v) is 3.83. The van der Waals surface area contributed by atoms with Crippen LogP contribution in [0.2, 0.25) is 0 Å². The molecule has 0 unspecified atom stereocenters. The Kier molecular flexibility index (Phi) is 5.25. The van der Waals surface area contributed by atoms with Gasteiger partial charge in [-0.25, -0.2) is 0 Å². The number of carboxylic acid groups (broad SMARTS) is 1.